The van der Waals surface area contributed by atoms with Gasteiger partial charge in [0.25, 0.3) is 5.91 Å². The summed E-state index contributed by atoms with van der Waals surface area (Å²) in [6.45, 7) is 7.84. The van der Waals surface area contributed by atoms with Crippen molar-refractivity contribution in [1.82, 2.24) is 0 Å². The molecule has 0 saturated heterocycles. The van der Waals surface area contributed by atoms with Gasteiger partial charge in [-0.3, -0.25) is 4.79 Å². The fourth-order valence-corrected chi connectivity index (χ4v) is 2.14. The van der Waals surface area contributed by atoms with Crippen LogP contribution in [0.1, 0.15) is 27.7 Å². The number of amides is 1. The summed E-state index contributed by atoms with van der Waals surface area (Å²) in [5, 5.41) is 0.797. The molecule has 1 heterocycles. The number of carbonyl (C=O) groups excluding carboxylic acids is 1. The molecule has 0 N–H and O–H groups in total. The van der Waals surface area contributed by atoms with Gasteiger partial charge >= 0.3 is 0 Å². The Kier molecular flexibility index (Phi) is 3.14. The summed E-state index contributed by atoms with van der Waals surface area (Å²) in [7, 11) is 0. The number of aliphatic imine (C=N–C) groups is 1. The molecule has 13 heavy (non-hydrogen) atoms. The minimum absolute atomic E-state index is 0.0552. The molecule has 0 spiro atoms. The van der Waals surface area contributed by atoms with Crippen LogP contribution in [-0.2, 0) is 9.53 Å². The zero-order valence-corrected chi connectivity index (χ0v) is 9.27. The Bertz CT molecular complexity index is 246. The number of nitrogens with zero attached hydrogens (tertiary/aromatic N) is 1. The standard InChI is InChI=1S/C9H15NO2S/c1-6(2)12-9(3,4)8-10-7(11)5-13-8/h6H,5H2,1-4H3. The zero-order chi connectivity index (χ0) is 10.1. The quantitative estimate of drug-likeness (QED) is 0.699. The molecule has 0 bridgehead atoms. The number of hydrogen-bond donors (Lipinski definition) is 0. The maximum atomic E-state index is 10.9. The van der Waals surface area contributed by atoms with Crippen molar-refractivity contribution < 1.29 is 9.53 Å². The van der Waals surface area contributed by atoms with E-state index in [1.165, 1.54) is 11.8 Å². The number of hydrogen-bond acceptors (Lipinski definition) is 3. The Balaban J connectivity index is 2.69. The van der Waals surface area contributed by atoms with E-state index in [1.807, 2.05) is 27.7 Å². The van der Waals surface area contributed by atoms with Crippen molar-refractivity contribution in [1.29, 1.82) is 0 Å². The Hall–Kier alpha value is -0.350. The van der Waals surface area contributed by atoms with Gasteiger partial charge in [-0.05, 0) is 27.7 Å². The second-order valence-corrected chi connectivity index (χ2v) is 4.74. The van der Waals surface area contributed by atoms with E-state index in [2.05, 4.69) is 4.99 Å². The normalized spacial score (nSPS) is 18.2. The third-order valence-electron chi connectivity index (χ3n) is 1.60. The second-order valence-electron chi connectivity index (χ2n) is 3.78. The highest BCUT2D eigenvalue weighted by atomic mass is 32.2. The van der Waals surface area contributed by atoms with E-state index in [0.717, 1.165) is 5.04 Å². The fraction of sp³-hybridized carbons (Fsp3) is 0.778. The molecule has 1 aliphatic rings. The van der Waals surface area contributed by atoms with Crippen LogP contribution in [0.4, 0.5) is 0 Å². The summed E-state index contributed by atoms with van der Waals surface area (Å²) in [6.07, 6.45) is 0.147. The van der Waals surface area contributed by atoms with Crippen LogP contribution in [0.15, 0.2) is 4.99 Å². The van der Waals surface area contributed by atoms with Crippen LogP contribution in [0.5, 0.6) is 0 Å². The van der Waals surface area contributed by atoms with Crippen molar-refractivity contribution in [2.45, 2.75) is 39.4 Å². The van der Waals surface area contributed by atoms with Crippen LogP contribution < -0.4 is 0 Å². The molecule has 4 heteroatoms. The average molecular weight is 201 g/mol. The summed E-state index contributed by atoms with van der Waals surface area (Å²) in [5.74, 6) is 0.403. The van der Waals surface area contributed by atoms with E-state index in [4.69, 9.17) is 4.74 Å². The third-order valence-corrected chi connectivity index (χ3v) is 2.85. The monoisotopic (exact) mass is 201 g/mol. The maximum absolute atomic E-state index is 10.9. The largest absolute Gasteiger partial charge is 0.366 e. The van der Waals surface area contributed by atoms with Crippen molar-refractivity contribution in [2.75, 3.05) is 5.75 Å². The summed E-state index contributed by atoms with van der Waals surface area (Å²) in [4.78, 5) is 14.9. The molecule has 1 aliphatic heterocycles. The summed E-state index contributed by atoms with van der Waals surface area (Å²) in [6, 6.07) is 0. The van der Waals surface area contributed by atoms with Gasteiger partial charge in [0.05, 0.1) is 11.9 Å². The van der Waals surface area contributed by atoms with Crippen LogP contribution in [0.25, 0.3) is 0 Å². The van der Waals surface area contributed by atoms with Crippen molar-refractivity contribution >= 4 is 22.7 Å². The van der Waals surface area contributed by atoms with Gasteiger partial charge in [-0.2, -0.15) is 0 Å². The maximum Gasteiger partial charge on any atom is 0.256 e. The molecule has 0 aromatic heterocycles. The predicted molar refractivity (Wildman–Crippen MR) is 55.2 cm³/mol. The summed E-state index contributed by atoms with van der Waals surface area (Å²) < 4.78 is 5.67. The Morgan fingerprint density at radius 2 is 2.15 bits per heavy atom. The lowest BCUT2D eigenvalue weighted by molar-refractivity contribution is -0.115. The topological polar surface area (TPSA) is 38.7 Å². The van der Waals surface area contributed by atoms with Crippen molar-refractivity contribution in [3.05, 3.63) is 0 Å². The number of carbonyl (C=O) groups is 1. The lowest BCUT2D eigenvalue weighted by Gasteiger charge is -2.26. The highest BCUT2D eigenvalue weighted by Crippen LogP contribution is 2.26. The first-order chi connectivity index (χ1) is 5.92. The highest BCUT2D eigenvalue weighted by molar-refractivity contribution is 8.15. The molecule has 0 atom stereocenters. The van der Waals surface area contributed by atoms with Crippen molar-refractivity contribution in [2.24, 2.45) is 4.99 Å². The van der Waals surface area contributed by atoms with Gasteiger partial charge in [0.2, 0.25) is 0 Å². The van der Waals surface area contributed by atoms with Gasteiger partial charge < -0.3 is 4.74 Å². The predicted octanol–water partition coefficient (Wildman–Crippen LogP) is 1.86. The molecule has 0 aliphatic carbocycles. The molecule has 1 amide bonds. The second kappa shape index (κ2) is 3.80. The van der Waals surface area contributed by atoms with Crippen molar-refractivity contribution in [3.8, 4) is 0 Å². The molecule has 1 rings (SSSR count). The van der Waals surface area contributed by atoms with Crippen LogP contribution in [0.2, 0.25) is 0 Å². The van der Waals surface area contributed by atoms with E-state index in [1.54, 1.807) is 0 Å². The lowest BCUT2D eigenvalue weighted by Crippen LogP contribution is -2.34. The van der Waals surface area contributed by atoms with Gasteiger partial charge in [-0.1, -0.05) is 11.8 Å². The summed E-state index contributed by atoms with van der Waals surface area (Å²) >= 11 is 1.47. The van der Waals surface area contributed by atoms with E-state index in [9.17, 15) is 4.79 Å². The minimum Gasteiger partial charge on any atom is -0.366 e. The lowest BCUT2D eigenvalue weighted by atomic mass is 10.1. The molecule has 0 aromatic rings. The van der Waals surface area contributed by atoms with E-state index >= 15 is 0 Å². The molecule has 3 nitrogen and oxygen atoms in total. The zero-order valence-electron chi connectivity index (χ0n) is 8.46. The van der Waals surface area contributed by atoms with Crippen LogP contribution in [0.3, 0.4) is 0 Å². The van der Waals surface area contributed by atoms with Crippen molar-refractivity contribution in [3.63, 3.8) is 0 Å². The first kappa shape index (κ1) is 10.7. The Morgan fingerprint density at radius 3 is 2.54 bits per heavy atom. The number of ether oxygens (including phenoxy) is 1. The average Bonchev–Trinajstić information content (AvgIpc) is 2.32. The first-order valence-electron chi connectivity index (χ1n) is 4.34. The molecular weight excluding hydrogens is 186 g/mol. The molecule has 0 unspecified atom stereocenters. The van der Waals surface area contributed by atoms with Crippen LogP contribution in [-0.4, -0.2) is 28.4 Å². The Morgan fingerprint density at radius 1 is 1.54 bits per heavy atom. The minimum atomic E-state index is -0.426. The molecule has 0 radical (unpaired) electrons. The molecule has 0 aromatic carbocycles. The van der Waals surface area contributed by atoms with Gasteiger partial charge in [0, 0.05) is 0 Å². The first-order valence-corrected chi connectivity index (χ1v) is 5.33. The number of thioether (sulfide) groups is 1. The SMILES string of the molecule is CC(C)OC(C)(C)C1=NC(=O)CS1. The molecule has 0 fully saturated rings. The smallest absolute Gasteiger partial charge is 0.256 e. The third kappa shape index (κ3) is 2.81. The molecular formula is C9H15NO2S. The van der Waals surface area contributed by atoms with Gasteiger partial charge in [0.1, 0.15) is 10.6 Å². The van der Waals surface area contributed by atoms with E-state index in [0.29, 0.717) is 5.75 Å². The van der Waals surface area contributed by atoms with Gasteiger partial charge in [-0.25, -0.2) is 4.99 Å². The van der Waals surface area contributed by atoms with Crippen LogP contribution >= 0.6 is 11.8 Å². The molecule has 0 saturated carbocycles. The van der Waals surface area contributed by atoms with E-state index in [-0.39, 0.29) is 12.0 Å². The van der Waals surface area contributed by atoms with Crippen LogP contribution in [0, 0.1) is 0 Å². The van der Waals surface area contributed by atoms with E-state index < -0.39 is 5.60 Å². The molecule has 74 valence electrons. The Labute approximate surface area is 82.9 Å². The summed E-state index contributed by atoms with van der Waals surface area (Å²) in [5.41, 5.74) is -0.426. The highest BCUT2D eigenvalue weighted by Gasteiger charge is 2.31. The van der Waals surface area contributed by atoms with Gasteiger partial charge in [0.15, 0.2) is 0 Å². The number of rotatable bonds is 3. The van der Waals surface area contributed by atoms with Gasteiger partial charge in [-0.15, -0.1) is 0 Å². The fourth-order valence-electron chi connectivity index (χ4n) is 1.26.